The summed E-state index contributed by atoms with van der Waals surface area (Å²) in [5.74, 6) is -2.66. The molecule has 2 rings (SSSR count). The summed E-state index contributed by atoms with van der Waals surface area (Å²) in [5, 5.41) is 8.80. The second-order valence-electron chi connectivity index (χ2n) is 3.66. The van der Waals surface area contributed by atoms with Gasteiger partial charge in [0.1, 0.15) is 23.1 Å². The summed E-state index contributed by atoms with van der Waals surface area (Å²) in [5.41, 5.74) is -0.0113. The molecule has 0 unspecified atom stereocenters. The van der Waals surface area contributed by atoms with Crippen LogP contribution in [0.3, 0.4) is 0 Å². The molecular weight excluding hydrogens is 278 g/mol. The number of aromatic carboxylic acids is 1. The smallest absolute Gasteiger partial charge is 0.335 e. The number of carbonyl (C=O) groups is 1. The molecule has 0 heterocycles. The van der Waals surface area contributed by atoms with Crippen LogP contribution in [0, 0.1) is 11.6 Å². The van der Waals surface area contributed by atoms with Crippen molar-refractivity contribution in [1.82, 2.24) is 0 Å². The minimum absolute atomic E-state index is 0.0113. The van der Waals surface area contributed by atoms with Gasteiger partial charge in [-0.1, -0.05) is 11.6 Å². The first-order chi connectivity index (χ1) is 8.95. The van der Waals surface area contributed by atoms with E-state index in [2.05, 4.69) is 0 Å². The Kier molecular flexibility index (Phi) is 3.66. The Morgan fingerprint density at radius 1 is 1.11 bits per heavy atom. The zero-order chi connectivity index (χ0) is 14.0. The van der Waals surface area contributed by atoms with Crippen molar-refractivity contribution >= 4 is 17.6 Å². The third-order valence-corrected chi connectivity index (χ3v) is 2.54. The third-order valence-electron chi connectivity index (χ3n) is 2.24. The van der Waals surface area contributed by atoms with Crippen molar-refractivity contribution in [3.05, 3.63) is 58.6 Å². The van der Waals surface area contributed by atoms with Crippen LogP contribution in [-0.4, -0.2) is 11.1 Å². The largest absolute Gasteiger partial charge is 0.478 e. The van der Waals surface area contributed by atoms with Crippen LogP contribution in [0.5, 0.6) is 11.5 Å². The standard InChI is InChI=1S/C13H7ClF2O3/c14-11-3-7(13(17)18)1-2-12(11)19-10-5-8(15)4-9(16)6-10/h1-6H,(H,17,18). The number of ether oxygens (including phenoxy) is 1. The van der Waals surface area contributed by atoms with Crippen molar-refractivity contribution in [2.75, 3.05) is 0 Å². The highest BCUT2D eigenvalue weighted by Crippen LogP contribution is 2.30. The Balaban J connectivity index is 2.30. The number of rotatable bonds is 3. The molecule has 0 saturated carbocycles. The fraction of sp³-hybridized carbons (Fsp3) is 0. The molecule has 0 aliphatic rings. The van der Waals surface area contributed by atoms with E-state index in [-0.39, 0.29) is 22.1 Å². The van der Waals surface area contributed by atoms with Crippen LogP contribution in [0.1, 0.15) is 10.4 Å². The zero-order valence-corrected chi connectivity index (χ0v) is 10.1. The summed E-state index contributed by atoms with van der Waals surface area (Å²) in [7, 11) is 0. The van der Waals surface area contributed by atoms with Gasteiger partial charge in [0.25, 0.3) is 0 Å². The Bertz CT molecular complexity index is 624. The molecule has 6 heteroatoms. The second kappa shape index (κ2) is 5.24. The van der Waals surface area contributed by atoms with Gasteiger partial charge in [0.15, 0.2) is 0 Å². The Hall–Kier alpha value is -2.14. The van der Waals surface area contributed by atoms with Gasteiger partial charge in [0.2, 0.25) is 0 Å². The maximum atomic E-state index is 13.0. The highest BCUT2D eigenvalue weighted by molar-refractivity contribution is 6.32. The molecule has 0 aromatic heterocycles. The van der Waals surface area contributed by atoms with Crippen molar-refractivity contribution in [1.29, 1.82) is 0 Å². The van der Waals surface area contributed by atoms with Crippen molar-refractivity contribution in [3.8, 4) is 11.5 Å². The molecule has 1 N–H and O–H groups in total. The molecule has 0 bridgehead atoms. The average Bonchev–Trinajstić information content (AvgIpc) is 2.30. The lowest BCUT2D eigenvalue weighted by Crippen LogP contribution is -1.96. The van der Waals surface area contributed by atoms with E-state index in [1.165, 1.54) is 18.2 Å². The van der Waals surface area contributed by atoms with E-state index in [0.29, 0.717) is 6.07 Å². The summed E-state index contributed by atoms with van der Waals surface area (Å²) in [4.78, 5) is 10.7. The molecule has 0 aliphatic heterocycles. The molecule has 19 heavy (non-hydrogen) atoms. The van der Waals surface area contributed by atoms with E-state index in [1.54, 1.807) is 0 Å². The number of carboxylic acids is 1. The lowest BCUT2D eigenvalue weighted by molar-refractivity contribution is 0.0697. The molecule has 0 spiro atoms. The molecule has 0 amide bonds. The zero-order valence-electron chi connectivity index (χ0n) is 9.36. The number of hydrogen-bond donors (Lipinski definition) is 1. The Morgan fingerprint density at radius 3 is 2.26 bits per heavy atom. The van der Waals surface area contributed by atoms with Gasteiger partial charge in [-0.25, -0.2) is 13.6 Å². The first-order valence-corrected chi connectivity index (χ1v) is 5.50. The van der Waals surface area contributed by atoms with E-state index in [0.717, 1.165) is 12.1 Å². The number of hydrogen-bond acceptors (Lipinski definition) is 2. The van der Waals surface area contributed by atoms with Gasteiger partial charge in [-0.05, 0) is 18.2 Å². The Morgan fingerprint density at radius 2 is 1.74 bits per heavy atom. The van der Waals surface area contributed by atoms with Crippen molar-refractivity contribution in [2.24, 2.45) is 0 Å². The first-order valence-electron chi connectivity index (χ1n) is 5.12. The van der Waals surface area contributed by atoms with Gasteiger partial charge in [0.05, 0.1) is 10.6 Å². The summed E-state index contributed by atoms with van der Waals surface area (Å²) in [6.45, 7) is 0. The summed E-state index contributed by atoms with van der Waals surface area (Å²) >= 11 is 5.83. The van der Waals surface area contributed by atoms with E-state index in [4.69, 9.17) is 21.4 Å². The third kappa shape index (κ3) is 3.20. The SMILES string of the molecule is O=C(O)c1ccc(Oc2cc(F)cc(F)c2)c(Cl)c1. The summed E-state index contributed by atoms with van der Waals surface area (Å²) < 4.78 is 31.1. The lowest BCUT2D eigenvalue weighted by Gasteiger charge is -2.08. The quantitative estimate of drug-likeness (QED) is 0.922. The molecular formula is C13H7ClF2O3. The molecule has 0 fully saturated rings. The topological polar surface area (TPSA) is 46.5 Å². The minimum atomic E-state index is -1.13. The highest BCUT2D eigenvalue weighted by Gasteiger charge is 2.10. The van der Waals surface area contributed by atoms with Crippen molar-refractivity contribution in [2.45, 2.75) is 0 Å². The number of benzene rings is 2. The minimum Gasteiger partial charge on any atom is -0.478 e. The average molecular weight is 285 g/mol. The molecule has 2 aromatic carbocycles. The molecule has 0 aliphatic carbocycles. The van der Waals surface area contributed by atoms with Gasteiger partial charge >= 0.3 is 5.97 Å². The van der Waals surface area contributed by atoms with Crippen LogP contribution in [-0.2, 0) is 0 Å². The van der Waals surface area contributed by atoms with Crippen LogP contribution in [0.2, 0.25) is 5.02 Å². The van der Waals surface area contributed by atoms with Gasteiger partial charge in [-0.2, -0.15) is 0 Å². The van der Waals surface area contributed by atoms with Gasteiger partial charge in [-0.15, -0.1) is 0 Å². The molecule has 0 atom stereocenters. The maximum Gasteiger partial charge on any atom is 0.335 e. The number of halogens is 3. The van der Waals surface area contributed by atoms with Crippen LogP contribution in [0.25, 0.3) is 0 Å². The van der Waals surface area contributed by atoms with E-state index < -0.39 is 17.6 Å². The molecule has 98 valence electrons. The predicted molar refractivity (Wildman–Crippen MR) is 64.8 cm³/mol. The van der Waals surface area contributed by atoms with E-state index in [1.807, 2.05) is 0 Å². The van der Waals surface area contributed by atoms with Crippen LogP contribution in [0.4, 0.5) is 8.78 Å². The molecule has 2 aromatic rings. The number of carboxylic acid groups (broad SMARTS) is 1. The Labute approximate surface area is 112 Å². The van der Waals surface area contributed by atoms with Crippen LogP contribution < -0.4 is 4.74 Å². The molecule has 0 radical (unpaired) electrons. The van der Waals surface area contributed by atoms with Crippen LogP contribution >= 0.6 is 11.6 Å². The monoisotopic (exact) mass is 284 g/mol. The van der Waals surface area contributed by atoms with Gasteiger partial charge in [-0.3, -0.25) is 0 Å². The predicted octanol–water partition coefficient (Wildman–Crippen LogP) is 4.11. The maximum absolute atomic E-state index is 13.0. The second-order valence-corrected chi connectivity index (χ2v) is 4.06. The normalized spacial score (nSPS) is 10.3. The van der Waals surface area contributed by atoms with Crippen LogP contribution in [0.15, 0.2) is 36.4 Å². The first kappa shape index (κ1) is 13.3. The van der Waals surface area contributed by atoms with Crippen molar-refractivity contribution < 1.29 is 23.4 Å². The van der Waals surface area contributed by atoms with Gasteiger partial charge in [0, 0.05) is 18.2 Å². The van der Waals surface area contributed by atoms with Crippen molar-refractivity contribution in [3.63, 3.8) is 0 Å². The molecule has 3 nitrogen and oxygen atoms in total. The lowest BCUT2D eigenvalue weighted by atomic mass is 10.2. The van der Waals surface area contributed by atoms with Gasteiger partial charge < -0.3 is 9.84 Å². The highest BCUT2D eigenvalue weighted by atomic mass is 35.5. The fourth-order valence-corrected chi connectivity index (χ4v) is 1.65. The van der Waals surface area contributed by atoms with E-state index >= 15 is 0 Å². The summed E-state index contributed by atoms with van der Waals surface area (Å²) in [6, 6.07) is 6.47. The fourth-order valence-electron chi connectivity index (χ4n) is 1.43. The van der Waals surface area contributed by atoms with E-state index in [9.17, 15) is 13.6 Å². The summed E-state index contributed by atoms with van der Waals surface area (Å²) in [6.07, 6.45) is 0. The molecule has 0 saturated heterocycles.